The SMILES string of the molecule is O=C(Nc1ccc(F)c(Cl)c1)C1CCN(C(=O)Cc2ccc(Cl)nc2)CC1. The number of amides is 2. The van der Waals surface area contributed by atoms with Gasteiger partial charge in [0.05, 0.1) is 11.4 Å². The van der Waals surface area contributed by atoms with Gasteiger partial charge in [-0.2, -0.15) is 0 Å². The van der Waals surface area contributed by atoms with E-state index in [1.807, 2.05) is 0 Å². The van der Waals surface area contributed by atoms with Crippen LogP contribution in [0.5, 0.6) is 0 Å². The van der Waals surface area contributed by atoms with Gasteiger partial charge in [0, 0.05) is 30.9 Å². The average Bonchev–Trinajstić information content (AvgIpc) is 2.66. The number of aromatic nitrogens is 1. The van der Waals surface area contributed by atoms with Crippen LogP contribution in [0.25, 0.3) is 0 Å². The standard InChI is InChI=1S/C19H18Cl2FN3O2/c20-15-10-14(2-3-16(15)22)24-19(27)13-5-7-25(8-6-13)18(26)9-12-1-4-17(21)23-11-12/h1-4,10-11,13H,5-9H2,(H,24,27). The number of likely N-dealkylation sites (tertiary alicyclic amines) is 1. The summed E-state index contributed by atoms with van der Waals surface area (Å²) in [7, 11) is 0. The van der Waals surface area contributed by atoms with Crippen LogP contribution < -0.4 is 5.32 Å². The minimum Gasteiger partial charge on any atom is -0.342 e. The molecule has 0 bridgehead atoms. The molecule has 1 N–H and O–H groups in total. The molecule has 1 fully saturated rings. The third kappa shape index (κ3) is 5.17. The number of nitrogens with one attached hydrogen (secondary N) is 1. The Morgan fingerprint density at radius 3 is 2.56 bits per heavy atom. The fourth-order valence-corrected chi connectivity index (χ4v) is 3.30. The van der Waals surface area contributed by atoms with Crippen LogP contribution in [0.15, 0.2) is 36.5 Å². The van der Waals surface area contributed by atoms with Crippen molar-refractivity contribution in [2.24, 2.45) is 5.92 Å². The van der Waals surface area contributed by atoms with Crippen LogP contribution in [-0.4, -0.2) is 34.8 Å². The third-order valence-corrected chi connectivity index (χ3v) is 5.06. The van der Waals surface area contributed by atoms with Crippen LogP contribution in [0.1, 0.15) is 18.4 Å². The summed E-state index contributed by atoms with van der Waals surface area (Å²) in [6, 6.07) is 7.50. The maximum atomic E-state index is 13.2. The Kier molecular flexibility index (Phi) is 6.29. The topological polar surface area (TPSA) is 62.3 Å². The lowest BCUT2D eigenvalue weighted by atomic mass is 9.95. The van der Waals surface area contributed by atoms with Crippen LogP contribution in [0.2, 0.25) is 10.2 Å². The summed E-state index contributed by atoms with van der Waals surface area (Å²) in [6.45, 7) is 1.03. The molecular weight excluding hydrogens is 392 g/mol. The molecule has 3 rings (SSSR count). The lowest BCUT2D eigenvalue weighted by molar-refractivity contribution is -0.133. The zero-order chi connectivity index (χ0) is 19.4. The molecule has 0 unspecified atom stereocenters. The average molecular weight is 410 g/mol. The van der Waals surface area contributed by atoms with Gasteiger partial charge in [-0.05, 0) is 42.7 Å². The molecule has 142 valence electrons. The highest BCUT2D eigenvalue weighted by Crippen LogP contribution is 2.23. The van der Waals surface area contributed by atoms with Gasteiger partial charge in [-0.1, -0.05) is 29.3 Å². The molecule has 1 aromatic carbocycles. The van der Waals surface area contributed by atoms with Crippen molar-refractivity contribution in [3.63, 3.8) is 0 Å². The number of benzene rings is 1. The number of piperidine rings is 1. The highest BCUT2D eigenvalue weighted by atomic mass is 35.5. The van der Waals surface area contributed by atoms with E-state index in [0.717, 1.165) is 5.56 Å². The highest BCUT2D eigenvalue weighted by Gasteiger charge is 2.27. The van der Waals surface area contributed by atoms with Gasteiger partial charge in [-0.3, -0.25) is 9.59 Å². The highest BCUT2D eigenvalue weighted by molar-refractivity contribution is 6.31. The smallest absolute Gasteiger partial charge is 0.227 e. The molecule has 0 radical (unpaired) electrons. The lowest BCUT2D eigenvalue weighted by Gasteiger charge is -2.31. The molecule has 0 spiro atoms. The molecule has 27 heavy (non-hydrogen) atoms. The second-order valence-electron chi connectivity index (χ2n) is 6.44. The van der Waals surface area contributed by atoms with Gasteiger partial charge in [0.25, 0.3) is 0 Å². The quantitative estimate of drug-likeness (QED) is 0.777. The summed E-state index contributed by atoms with van der Waals surface area (Å²) in [5, 5.41) is 3.11. The summed E-state index contributed by atoms with van der Waals surface area (Å²) in [5.41, 5.74) is 1.26. The van der Waals surface area contributed by atoms with Crippen molar-refractivity contribution < 1.29 is 14.0 Å². The molecule has 0 atom stereocenters. The van der Waals surface area contributed by atoms with Gasteiger partial charge in [-0.25, -0.2) is 9.37 Å². The number of carbonyl (C=O) groups is 2. The van der Waals surface area contributed by atoms with E-state index in [0.29, 0.717) is 36.8 Å². The maximum absolute atomic E-state index is 13.2. The van der Waals surface area contributed by atoms with Crippen molar-refractivity contribution in [1.82, 2.24) is 9.88 Å². The molecule has 1 aliphatic rings. The van der Waals surface area contributed by atoms with Crippen molar-refractivity contribution in [3.05, 3.63) is 58.1 Å². The molecule has 0 saturated carbocycles. The van der Waals surface area contributed by atoms with Gasteiger partial charge in [-0.15, -0.1) is 0 Å². The number of hydrogen-bond donors (Lipinski definition) is 1. The Hall–Kier alpha value is -2.18. The number of carbonyl (C=O) groups excluding carboxylic acids is 2. The Bertz CT molecular complexity index is 837. The van der Waals surface area contributed by atoms with Crippen molar-refractivity contribution >= 4 is 40.7 Å². The van der Waals surface area contributed by atoms with Crippen LogP contribution >= 0.6 is 23.2 Å². The largest absolute Gasteiger partial charge is 0.342 e. The first kappa shape index (κ1) is 19.6. The molecule has 2 heterocycles. The molecule has 0 aliphatic carbocycles. The molecular formula is C19H18Cl2FN3O2. The van der Waals surface area contributed by atoms with Gasteiger partial charge in [0.15, 0.2) is 0 Å². The first-order valence-electron chi connectivity index (χ1n) is 8.56. The van der Waals surface area contributed by atoms with Crippen molar-refractivity contribution in [2.45, 2.75) is 19.3 Å². The van der Waals surface area contributed by atoms with Crippen LogP contribution in [0.3, 0.4) is 0 Å². The van der Waals surface area contributed by atoms with E-state index in [-0.39, 0.29) is 29.2 Å². The fourth-order valence-electron chi connectivity index (χ4n) is 3.01. The fraction of sp³-hybridized carbons (Fsp3) is 0.316. The number of anilines is 1. The van der Waals surface area contributed by atoms with Gasteiger partial charge >= 0.3 is 0 Å². The van der Waals surface area contributed by atoms with Crippen LogP contribution in [0.4, 0.5) is 10.1 Å². The number of rotatable bonds is 4. The Balaban J connectivity index is 1.50. The molecule has 2 aromatic rings. The predicted molar refractivity (Wildman–Crippen MR) is 102 cm³/mol. The molecule has 8 heteroatoms. The summed E-state index contributed by atoms with van der Waals surface area (Å²) in [5.74, 6) is -0.873. The number of hydrogen-bond acceptors (Lipinski definition) is 3. The predicted octanol–water partition coefficient (Wildman–Crippen LogP) is 3.95. The first-order chi connectivity index (χ1) is 12.9. The molecule has 1 aromatic heterocycles. The second kappa shape index (κ2) is 8.67. The number of halogens is 3. The van der Waals surface area contributed by atoms with Crippen molar-refractivity contribution in [3.8, 4) is 0 Å². The maximum Gasteiger partial charge on any atom is 0.227 e. The number of pyridine rings is 1. The lowest BCUT2D eigenvalue weighted by Crippen LogP contribution is -2.42. The summed E-state index contributed by atoms with van der Waals surface area (Å²) in [4.78, 5) is 30.5. The third-order valence-electron chi connectivity index (χ3n) is 4.55. The van der Waals surface area contributed by atoms with E-state index in [1.165, 1.54) is 18.2 Å². The second-order valence-corrected chi connectivity index (χ2v) is 7.23. The van der Waals surface area contributed by atoms with E-state index in [2.05, 4.69) is 10.3 Å². The molecule has 1 saturated heterocycles. The Labute approximate surface area is 166 Å². The normalized spacial score (nSPS) is 14.9. The van der Waals surface area contributed by atoms with Crippen LogP contribution in [-0.2, 0) is 16.0 Å². The Morgan fingerprint density at radius 1 is 1.19 bits per heavy atom. The first-order valence-corrected chi connectivity index (χ1v) is 9.32. The molecule has 1 aliphatic heterocycles. The molecule has 5 nitrogen and oxygen atoms in total. The van der Waals surface area contributed by atoms with Gasteiger partial charge in [0.2, 0.25) is 11.8 Å². The minimum absolute atomic E-state index is 0.00305. The van der Waals surface area contributed by atoms with Crippen LogP contribution in [0, 0.1) is 11.7 Å². The van der Waals surface area contributed by atoms with E-state index in [9.17, 15) is 14.0 Å². The van der Waals surface area contributed by atoms with Gasteiger partial charge < -0.3 is 10.2 Å². The summed E-state index contributed by atoms with van der Waals surface area (Å²) in [6.07, 6.45) is 3.00. The van der Waals surface area contributed by atoms with Crippen molar-refractivity contribution in [1.29, 1.82) is 0 Å². The summed E-state index contributed by atoms with van der Waals surface area (Å²) < 4.78 is 13.2. The summed E-state index contributed by atoms with van der Waals surface area (Å²) >= 11 is 11.5. The van der Waals surface area contributed by atoms with E-state index in [1.54, 1.807) is 23.2 Å². The van der Waals surface area contributed by atoms with E-state index >= 15 is 0 Å². The molecule has 2 amide bonds. The minimum atomic E-state index is -0.530. The van der Waals surface area contributed by atoms with Crippen molar-refractivity contribution in [2.75, 3.05) is 18.4 Å². The van der Waals surface area contributed by atoms with E-state index in [4.69, 9.17) is 23.2 Å². The number of nitrogens with zero attached hydrogens (tertiary/aromatic N) is 2. The van der Waals surface area contributed by atoms with Gasteiger partial charge in [0.1, 0.15) is 11.0 Å². The zero-order valence-corrected chi connectivity index (χ0v) is 15.9. The Morgan fingerprint density at radius 2 is 1.93 bits per heavy atom. The zero-order valence-electron chi connectivity index (χ0n) is 14.4. The van der Waals surface area contributed by atoms with E-state index < -0.39 is 5.82 Å². The monoisotopic (exact) mass is 409 g/mol.